The minimum Gasteiger partial charge on any atom is -0.304 e. The number of piperidine rings is 1. The summed E-state index contributed by atoms with van der Waals surface area (Å²) in [6.45, 7) is 3.40. The fourth-order valence-corrected chi connectivity index (χ4v) is 1.70. The molecule has 62 valence electrons. The minimum atomic E-state index is 0.659. The van der Waals surface area contributed by atoms with Gasteiger partial charge in [-0.3, -0.25) is 0 Å². The molecule has 2 nitrogen and oxygen atoms in total. The van der Waals surface area contributed by atoms with E-state index in [-0.39, 0.29) is 0 Å². The van der Waals surface area contributed by atoms with Gasteiger partial charge in [-0.2, -0.15) is 5.26 Å². The molecule has 0 radical (unpaired) electrons. The third-order valence-corrected chi connectivity index (χ3v) is 2.70. The van der Waals surface area contributed by atoms with Gasteiger partial charge in [0.1, 0.15) is 0 Å². The van der Waals surface area contributed by atoms with E-state index in [1.54, 1.807) is 0 Å². The van der Waals surface area contributed by atoms with E-state index in [2.05, 4.69) is 24.9 Å². The number of nitrogens with zero attached hydrogens (tertiary/aromatic N) is 2. The summed E-state index contributed by atoms with van der Waals surface area (Å²) >= 11 is 0. The monoisotopic (exact) mass is 152 g/mol. The van der Waals surface area contributed by atoms with Gasteiger partial charge in [0, 0.05) is 12.5 Å². The molecule has 0 aromatic rings. The van der Waals surface area contributed by atoms with E-state index in [4.69, 9.17) is 5.26 Å². The van der Waals surface area contributed by atoms with E-state index in [0.29, 0.717) is 12.0 Å². The zero-order valence-electron chi connectivity index (χ0n) is 7.38. The topological polar surface area (TPSA) is 27.0 Å². The van der Waals surface area contributed by atoms with E-state index >= 15 is 0 Å². The third kappa shape index (κ3) is 2.20. The summed E-state index contributed by atoms with van der Waals surface area (Å²) in [5.41, 5.74) is 0. The second-order valence-corrected chi connectivity index (χ2v) is 3.58. The zero-order chi connectivity index (χ0) is 8.27. The quantitative estimate of drug-likeness (QED) is 0.571. The van der Waals surface area contributed by atoms with E-state index in [1.807, 2.05) is 0 Å². The van der Waals surface area contributed by atoms with Crippen LogP contribution < -0.4 is 0 Å². The first-order valence-corrected chi connectivity index (χ1v) is 4.31. The molecular weight excluding hydrogens is 136 g/mol. The highest BCUT2D eigenvalue weighted by Crippen LogP contribution is 2.23. The maximum atomic E-state index is 8.51. The zero-order valence-corrected chi connectivity index (χ0v) is 7.38. The molecule has 1 rings (SSSR count). The highest BCUT2D eigenvalue weighted by Gasteiger charge is 2.21. The van der Waals surface area contributed by atoms with Crippen molar-refractivity contribution in [3.05, 3.63) is 0 Å². The average molecular weight is 152 g/mol. The molecule has 2 heteroatoms. The second kappa shape index (κ2) is 3.73. The van der Waals surface area contributed by atoms with Crippen molar-refractivity contribution in [1.82, 2.24) is 4.90 Å². The van der Waals surface area contributed by atoms with Crippen molar-refractivity contribution in [2.75, 3.05) is 13.6 Å². The molecule has 0 saturated carbocycles. The van der Waals surface area contributed by atoms with Crippen molar-refractivity contribution in [2.45, 2.75) is 32.2 Å². The van der Waals surface area contributed by atoms with Crippen LogP contribution in [0.3, 0.4) is 0 Å². The van der Waals surface area contributed by atoms with Crippen molar-refractivity contribution < 1.29 is 0 Å². The summed E-state index contributed by atoms with van der Waals surface area (Å²) in [6.07, 6.45) is 3.15. The first kappa shape index (κ1) is 8.55. The van der Waals surface area contributed by atoms with Crippen molar-refractivity contribution in [3.8, 4) is 6.07 Å². The molecule has 2 unspecified atom stereocenters. The minimum absolute atomic E-state index is 0.659. The number of nitriles is 1. The van der Waals surface area contributed by atoms with Gasteiger partial charge in [-0.25, -0.2) is 0 Å². The van der Waals surface area contributed by atoms with Crippen LogP contribution in [0.5, 0.6) is 0 Å². The van der Waals surface area contributed by atoms with Crippen LogP contribution in [-0.4, -0.2) is 24.5 Å². The first-order valence-electron chi connectivity index (χ1n) is 4.31. The Morgan fingerprint density at radius 2 is 2.36 bits per heavy atom. The van der Waals surface area contributed by atoms with Gasteiger partial charge in [0.05, 0.1) is 6.07 Å². The largest absolute Gasteiger partial charge is 0.304 e. The van der Waals surface area contributed by atoms with Crippen LogP contribution in [0.15, 0.2) is 0 Å². The van der Waals surface area contributed by atoms with Gasteiger partial charge in [0.15, 0.2) is 0 Å². The summed E-state index contributed by atoms with van der Waals surface area (Å²) in [4.78, 5) is 2.37. The van der Waals surface area contributed by atoms with Gasteiger partial charge in [0.2, 0.25) is 0 Å². The van der Waals surface area contributed by atoms with E-state index in [0.717, 1.165) is 13.0 Å². The molecule has 1 aliphatic heterocycles. The number of hydrogen-bond acceptors (Lipinski definition) is 2. The van der Waals surface area contributed by atoms with Crippen molar-refractivity contribution >= 4 is 0 Å². The predicted octanol–water partition coefficient (Wildman–Crippen LogP) is 1.63. The molecule has 11 heavy (non-hydrogen) atoms. The smallest absolute Gasteiger partial charge is 0.0624 e. The fourth-order valence-electron chi connectivity index (χ4n) is 1.70. The van der Waals surface area contributed by atoms with Crippen LogP contribution in [0.25, 0.3) is 0 Å². The van der Waals surface area contributed by atoms with Crippen LogP contribution >= 0.6 is 0 Å². The molecule has 0 aliphatic carbocycles. The Labute approximate surface area is 68.8 Å². The summed E-state index contributed by atoms with van der Waals surface area (Å²) in [5.74, 6) is 0.659. The molecule has 1 heterocycles. The Hall–Kier alpha value is -0.550. The van der Waals surface area contributed by atoms with Crippen molar-refractivity contribution in [3.63, 3.8) is 0 Å². The van der Waals surface area contributed by atoms with Gasteiger partial charge in [0.25, 0.3) is 0 Å². The second-order valence-electron chi connectivity index (χ2n) is 3.58. The molecule has 2 atom stereocenters. The van der Waals surface area contributed by atoms with Crippen LogP contribution in [-0.2, 0) is 0 Å². The standard InChI is InChI=1S/C9H16N2/c1-8-7-9(3-5-10)4-6-11(8)2/h8-9H,3-4,6-7H2,1-2H3. The van der Waals surface area contributed by atoms with Gasteiger partial charge in [-0.05, 0) is 39.3 Å². The predicted molar refractivity (Wildman–Crippen MR) is 45.0 cm³/mol. The lowest BCUT2D eigenvalue weighted by molar-refractivity contribution is 0.156. The number of hydrogen-bond donors (Lipinski definition) is 0. The van der Waals surface area contributed by atoms with Crippen molar-refractivity contribution in [2.24, 2.45) is 5.92 Å². The Morgan fingerprint density at radius 3 is 2.91 bits per heavy atom. The number of likely N-dealkylation sites (tertiary alicyclic amines) is 1. The molecule has 0 aromatic heterocycles. The Balaban J connectivity index is 2.35. The maximum absolute atomic E-state index is 8.51. The van der Waals surface area contributed by atoms with Crippen LogP contribution in [0.2, 0.25) is 0 Å². The molecular formula is C9H16N2. The lowest BCUT2D eigenvalue weighted by Gasteiger charge is -2.33. The van der Waals surface area contributed by atoms with Gasteiger partial charge >= 0.3 is 0 Å². The molecule has 0 aromatic carbocycles. The van der Waals surface area contributed by atoms with Crippen molar-refractivity contribution in [1.29, 1.82) is 5.26 Å². The molecule has 0 spiro atoms. The highest BCUT2D eigenvalue weighted by molar-refractivity contribution is 4.83. The lowest BCUT2D eigenvalue weighted by Crippen LogP contribution is -2.37. The molecule has 1 aliphatic rings. The first-order chi connectivity index (χ1) is 5.24. The van der Waals surface area contributed by atoms with Crippen LogP contribution in [0, 0.1) is 17.2 Å². The van der Waals surface area contributed by atoms with E-state index in [9.17, 15) is 0 Å². The van der Waals surface area contributed by atoms with Crippen LogP contribution in [0.4, 0.5) is 0 Å². The molecule has 0 bridgehead atoms. The molecule has 0 N–H and O–H groups in total. The number of rotatable bonds is 1. The fraction of sp³-hybridized carbons (Fsp3) is 0.889. The third-order valence-electron chi connectivity index (χ3n) is 2.70. The Bertz CT molecular complexity index is 159. The summed E-state index contributed by atoms with van der Waals surface area (Å²) in [6, 6.07) is 2.92. The van der Waals surface area contributed by atoms with Gasteiger partial charge < -0.3 is 4.90 Å². The Morgan fingerprint density at radius 1 is 1.64 bits per heavy atom. The Kier molecular flexibility index (Phi) is 2.90. The van der Waals surface area contributed by atoms with Gasteiger partial charge in [-0.1, -0.05) is 0 Å². The van der Waals surface area contributed by atoms with Gasteiger partial charge in [-0.15, -0.1) is 0 Å². The lowest BCUT2D eigenvalue weighted by atomic mass is 9.90. The summed E-state index contributed by atoms with van der Waals surface area (Å²) in [7, 11) is 2.16. The molecule has 1 saturated heterocycles. The van der Waals surface area contributed by atoms with E-state index in [1.165, 1.54) is 12.8 Å². The molecule has 1 fully saturated rings. The summed E-state index contributed by atoms with van der Waals surface area (Å²) < 4.78 is 0. The highest BCUT2D eigenvalue weighted by atomic mass is 15.1. The normalized spacial score (nSPS) is 33.2. The van der Waals surface area contributed by atoms with Crippen LogP contribution in [0.1, 0.15) is 26.2 Å². The SMILES string of the molecule is CC1CC(CC#N)CCN1C. The van der Waals surface area contributed by atoms with E-state index < -0.39 is 0 Å². The summed E-state index contributed by atoms with van der Waals surface area (Å²) in [5, 5.41) is 8.51. The average Bonchev–Trinajstić information content (AvgIpc) is 1.98. The maximum Gasteiger partial charge on any atom is 0.0624 e. The molecule has 0 amide bonds.